The van der Waals surface area contributed by atoms with E-state index in [-0.39, 0.29) is 12.5 Å². The summed E-state index contributed by atoms with van der Waals surface area (Å²) >= 11 is 1.20. The molecule has 4 rings (SSSR count). The van der Waals surface area contributed by atoms with E-state index in [9.17, 15) is 13.2 Å². The second-order valence-corrected chi connectivity index (χ2v) is 10.3. The largest absolute Gasteiger partial charge is 0.339 e. The van der Waals surface area contributed by atoms with Crippen LogP contribution in [-0.2, 0) is 27.8 Å². The molecular formula is C20H25N3O3S2. The Labute approximate surface area is 170 Å². The highest BCUT2D eigenvalue weighted by Gasteiger charge is 2.41. The van der Waals surface area contributed by atoms with E-state index in [0.29, 0.717) is 23.7 Å². The monoisotopic (exact) mass is 419 g/mol. The summed E-state index contributed by atoms with van der Waals surface area (Å²) in [6, 6.07) is 10.5. The minimum absolute atomic E-state index is 0.0783. The van der Waals surface area contributed by atoms with Gasteiger partial charge >= 0.3 is 0 Å². The van der Waals surface area contributed by atoms with Gasteiger partial charge in [0.1, 0.15) is 10.3 Å². The van der Waals surface area contributed by atoms with Crippen molar-refractivity contribution in [3.05, 3.63) is 52.9 Å². The Morgan fingerprint density at radius 3 is 2.43 bits per heavy atom. The molecule has 0 radical (unpaired) electrons. The number of sulfonamides is 1. The van der Waals surface area contributed by atoms with Gasteiger partial charge in [0.05, 0.1) is 0 Å². The van der Waals surface area contributed by atoms with Crippen molar-refractivity contribution in [1.29, 1.82) is 0 Å². The number of nitrogens with zero attached hydrogens (tertiary/aromatic N) is 3. The smallest absolute Gasteiger partial charge is 0.253 e. The molecule has 0 spiro atoms. The molecule has 2 aliphatic heterocycles. The van der Waals surface area contributed by atoms with Gasteiger partial charge in [-0.2, -0.15) is 4.31 Å². The zero-order valence-electron chi connectivity index (χ0n) is 16.0. The zero-order valence-corrected chi connectivity index (χ0v) is 17.6. The van der Waals surface area contributed by atoms with Gasteiger partial charge in [0.2, 0.25) is 5.91 Å². The molecule has 1 aromatic carbocycles. The molecule has 6 nitrogen and oxygen atoms in total. The van der Waals surface area contributed by atoms with Crippen LogP contribution >= 0.6 is 11.3 Å². The zero-order chi connectivity index (χ0) is 19.7. The third-order valence-electron chi connectivity index (χ3n) is 5.68. The van der Waals surface area contributed by atoms with Crippen molar-refractivity contribution in [3.63, 3.8) is 0 Å². The quantitative estimate of drug-likeness (QED) is 0.761. The molecule has 2 aromatic rings. The third kappa shape index (κ3) is 3.61. The van der Waals surface area contributed by atoms with Crippen molar-refractivity contribution >= 4 is 27.3 Å². The van der Waals surface area contributed by atoms with Crippen LogP contribution in [-0.4, -0.2) is 67.2 Å². The van der Waals surface area contributed by atoms with Crippen LogP contribution in [0.4, 0.5) is 0 Å². The number of likely N-dealkylation sites (N-methyl/N-ethyl adjacent to an activating group) is 1. The van der Waals surface area contributed by atoms with Crippen LogP contribution in [0.1, 0.15) is 18.1 Å². The minimum Gasteiger partial charge on any atom is -0.339 e. The van der Waals surface area contributed by atoms with Crippen molar-refractivity contribution in [2.45, 2.75) is 30.1 Å². The maximum absolute atomic E-state index is 13.4. The van der Waals surface area contributed by atoms with E-state index >= 15 is 0 Å². The molecule has 0 saturated carbocycles. The second-order valence-electron chi connectivity index (χ2n) is 7.23. The first kappa shape index (κ1) is 19.6. The molecule has 0 N–H and O–H groups in total. The van der Waals surface area contributed by atoms with Gasteiger partial charge in [-0.1, -0.05) is 37.3 Å². The number of piperazine rings is 1. The number of hydrogen-bond donors (Lipinski definition) is 0. The van der Waals surface area contributed by atoms with Crippen molar-refractivity contribution in [1.82, 2.24) is 14.1 Å². The SMILES string of the molecule is CCN1CCN(C(=O)C2Cc3ccccc3CN2S(=O)(=O)c2cccs2)CC1. The Kier molecular flexibility index (Phi) is 5.55. The van der Waals surface area contributed by atoms with Gasteiger partial charge < -0.3 is 9.80 Å². The Balaban J connectivity index is 1.65. The molecule has 0 bridgehead atoms. The number of carbonyl (C=O) groups is 1. The first-order chi connectivity index (χ1) is 13.5. The van der Waals surface area contributed by atoms with E-state index in [0.717, 1.165) is 30.8 Å². The Hall–Kier alpha value is -1.74. The topological polar surface area (TPSA) is 60.9 Å². The molecule has 3 heterocycles. The Morgan fingerprint density at radius 2 is 1.79 bits per heavy atom. The summed E-state index contributed by atoms with van der Waals surface area (Å²) in [5, 5.41) is 1.76. The Bertz CT molecular complexity index is 935. The highest BCUT2D eigenvalue weighted by Crippen LogP contribution is 2.31. The molecule has 1 fully saturated rings. The lowest BCUT2D eigenvalue weighted by Crippen LogP contribution is -2.57. The molecule has 1 atom stereocenters. The fraction of sp³-hybridized carbons (Fsp3) is 0.450. The van der Waals surface area contributed by atoms with Gasteiger partial charge in [-0.3, -0.25) is 4.79 Å². The lowest BCUT2D eigenvalue weighted by molar-refractivity contribution is -0.137. The molecule has 0 aliphatic carbocycles. The van der Waals surface area contributed by atoms with Crippen LogP contribution in [0.3, 0.4) is 0 Å². The summed E-state index contributed by atoms with van der Waals surface area (Å²) in [6.45, 7) is 6.30. The van der Waals surface area contributed by atoms with Gasteiger partial charge in [0.25, 0.3) is 10.0 Å². The maximum atomic E-state index is 13.4. The molecule has 1 saturated heterocycles. The van der Waals surface area contributed by atoms with Crippen molar-refractivity contribution in [3.8, 4) is 0 Å². The van der Waals surface area contributed by atoms with E-state index in [1.165, 1.54) is 15.6 Å². The van der Waals surface area contributed by atoms with Gasteiger partial charge in [0.15, 0.2) is 0 Å². The summed E-state index contributed by atoms with van der Waals surface area (Å²) < 4.78 is 28.3. The van der Waals surface area contributed by atoms with Crippen LogP contribution in [0.25, 0.3) is 0 Å². The van der Waals surface area contributed by atoms with Crippen LogP contribution in [0.5, 0.6) is 0 Å². The highest BCUT2D eigenvalue weighted by atomic mass is 32.2. The van der Waals surface area contributed by atoms with Crippen molar-refractivity contribution < 1.29 is 13.2 Å². The molecular weight excluding hydrogens is 394 g/mol. The fourth-order valence-electron chi connectivity index (χ4n) is 3.98. The molecule has 150 valence electrons. The van der Waals surface area contributed by atoms with Crippen molar-refractivity contribution in [2.75, 3.05) is 32.7 Å². The lowest BCUT2D eigenvalue weighted by Gasteiger charge is -2.40. The summed E-state index contributed by atoms with van der Waals surface area (Å²) in [5.74, 6) is -0.0783. The van der Waals surface area contributed by atoms with E-state index < -0.39 is 16.1 Å². The van der Waals surface area contributed by atoms with Gasteiger partial charge in [-0.15, -0.1) is 11.3 Å². The first-order valence-electron chi connectivity index (χ1n) is 9.64. The fourth-order valence-corrected chi connectivity index (χ4v) is 6.66. The van der Waals surface area contributed by atoms with Crippen LogP contribution in [0.2, 0.25) is 0 Å². The van der Waals surface area contributed by atoms with E-state index in [4.69, 9.17) is 0 Å². The predicted molar refractivity (Wildman–Crippen MR) is 110 cm³/mol. The standard InChI is InChI=1S/C20H25N3O3S2/c1-2-21-9-11-22(12-10-21)20(24)18-14-16-6-3-4-7-17(16)15-23(18)28(25,26)19-8-5-13-27-19/h3-8,13,18H,2,9-12,14-15H2,1H3. The van der Waals surface area contributed by atoms with Gasteiger partial charge in [-0.25, -0.2) is 8.42 Å². The summed E-state index contributed by atoms with van der Waals surface area (Å²) in [5.41, 5.74) is 2.04. The number of fused-ring (bicyclic) bond motifs is 1. The number of rotatable bonds is 4. The average molecular weight is 420 g/mol. The normalized spacial score (nSPS) is 21.5. The molecule has 1 amide bonds. The van der Waals surface area contributed by atoms with Gasteiger partial charge in [0, 0.05) is 32.7 Å². The summed E-state index contributed by atoms with van der Waals surface area (Å²) in [6.07, 6.45) is 0.424. The van der Waals surface area contributed by atoms with Crippen LogP contribution in [0.15, 0.2) is 46.0 Å². The summed E-state index contributed by atoms with van der Waals surface area (Å²) in [4.78, 5) is 17.5. The van der Waals surface area contributed by atoms with Gasteiger partial charge in [-0.05, 0) is 35.5 Å². The van der Waals surface area contributed by atoms with E-state index in [2.05, 4.69) is 11.8 Å². The van der Waals surface area contributed by atoms with E-state index in [1.807, 2.05) is 29.2 Å². The molecule has 28 heavy (non-hydrogen) atoms. The van der Waals surface area contributed by atoms with Crippen molar-refractivity contribution in [2.24, 2.45) is 0 Å². The number of benzene rings is 1. The lowest BCUT2D eigenvalue weighted by atomic mass is 9.95. The molecule has 1 aromatic heterocycles. The number of amides is 1. The molecule has 8 heteroatoms. The van der Waals surface area contributed by atoms with Crippen LogP contribution < -0.4 is 0 Å². The maximum Gasteiger partial charge on any atom is 0.253 e. The number of carbonyl (C=O) groups excluding carboxylic acids is 1. The second kappa shape index (κ2) is 7.94. The minimum atomic E-state index is -3.72. The highest BCUT2D eigenvalue weighted by molar-refractivity contribution is 7.91. The first-order valence-corrected chi connectivity index (χ1v) is 12.0. The van der Waals surface area contributed by atoms with E-state index in [1.54, 1.807) is 17.5 Å². The molecule has 1 unspecified atom stereocenters. The third-order valence-corrected chi connectivity index (χ3v) is 8.91. The average Bonchev–Trinajstić information content (AvgIpc) is 3.28. The predicted octanol–water partition coefficient (Wildman–Crippen LogP) is 2.03. The summed E-state index contributed by atoms with van der Waals surface area (Å²) in [7, 11) is -3.72. The number of thiophene rings is 1. The number of hydrogen-bond acceptors (Lipinski definition) is 5. The Morgan fingerprint density at radius 1 is 1.07 bits per heavy atom. The molecule has 2 aliphatic rings. The van der Waals surface area contributed by atoms with Crippen LogP contribution in [0, 0.1) is 0 Å².